The summed E-state index contributed by atoms with van der Waals surface area (Å²) in [5.74, 6) is 0. The van der Waals surface area contributed by atoms with E-state index in [1.807, 2.05) is 0 Å². The summed E-state index contributed by atoms with van der Waals surface area (Å²) in [7, 11) is 0. The zero-order chi connectivity index (χ0) is 37.9. The van der Waals surface area contributed by atoms with Crippen LogP contribution in [-0.2, 0) is 0 Å². The van der Waals surface area contributed by atoms with Gasteiger partial charge in [0.05, 0.1) is 16.6 Å². The summed E-state index contributed by atoms with van der Waals surface area (Å²) in [6, 6.07) is 76.1. The molecular formula is C54H34BN3. The molecule has 2 aliphatic heterocycles. The number of benzene rings is 9. The summed E-state index contributed by atoms with van der Waals surface area (Å²) in [4.78, 5) is 2.50. The molecule has 2 aromatic heterocycles. The normalized spacial score (nSPS) is 12.8. The van der Waals surface area contributed by atoms with Crippen molar-refractivity contribution < 1.29 is 0 Å². The molecule has 13 rings (SSSR count). The summed E-state index contributed by atoms with van der Waals surface area (Å²) in [6.07, 6.45) is 0. The fraction of sp³-hybridized carbons (Fsp3) is 0. The Bertz CT molecular complexity index is 3440. The molecule has 0 saturated heterocycles. The van der Waals surface area contributed by atoms with Gasteiger partial charge < -0.3 is 14.0 Å². The molecule has 4 heteroatoms. The third-order valence-electron chi connectivity index (χ3n) is 12.7. The van der Waals surface area contributed by atoms with Gasteiger partial charge in [0, 0.05) is 55.5 Å². The van der Waals surface area contributed by atoms with Crippen LogP contribution in [-0.4, -0.2) is 15.8 Å². The molecule has 268 valence electrons. The maximum atomic E-state index is 2.61. The van der Waals surface area contributed by atoms with E-state index in [4.69, 9.17) is 0 Å². The fourth-order valence-electron chi connectivity index (χ4n) is 10.3. The minimum absolute atomic E-state index is 0.0476. The zero-order valence-corrected chi connectivity index (χ0v) is 31.5. The number of para-hydroxylation sites is 3. The molecule has 2 aliphatic rings. The average molecular weight is 736 g/mol. The molecule has 4 heterocycles. The van der Waals surface area contributed by atoms with E-state index in [1.165, 1.54) is 105 Å². The lowest BCUT2D eigenvalue weighted by Gasteiger charge is -2.40. The van der Waals surface area contributed by atoms with Crippen LogP contribution in [0.15, 0.2) is 206 Å². The highest BCUT2D eigenvalue weighted by Crippen LogP contribution is 2.45. The lowest BCUT2D eigenvalue weighted by Crippen LogP contribution is -2.60. The summed E-state index contributed by atoms with van der Waals surface area (Å²) in [5.41, 5.74) is 19.9. The molecular weight excluding hydrogens is 701 g/mol. The van der Waals surface area contributed by atoms with Gasteiger partial charge in [0.2, 0.25) is 0 Å². The van der Waals surface area contributed by atoms with E-state index in [9.17, 15) is 0 Å². The van der Waals surface area contributed by atoms with Crippen molar-refractivity contribution in [2.75, 3.05) is 4.90 Å². The molecule has 3 nitrogen and oxygen atoms in total. The summed E-state index contributed by atoms with van der Waals surface area (Å²) in [6.45, 7) is 0.0476. The highest BCUT2D eigenvalue weighted by Gasteiger charge is 2.42. The Morgan fingerprint density at radius 3 is 1.74 bits per heavy atom. The largest absolute Gasteiger partial charge is 0.311 e. The number of aromatic nitrogens is 2. The number of hydrogen-bond donors (Lipinski definition) is 0. The molecule has 58 heavy (non-hydrogen) atoms. The molecule has 0 N–H and O–H groups in total. The summed E-state index contributed by atoms with van der Waals surface area (Å²) >= 11 is 0. The van der Waals surface area contributed by atoms with E-state index in [0.29, 0.717) is 0 Å². The van der Waals surface area contributed by atoms with Crippen molar-refractivity contribution in [2.45, 2.75) is 0 Å². The van der Waals surface area contributed by atoms with E-state index in [0.717, 1.165) is 5.69 Å². The van der Waals surface area contributed by atoms with Crippen molar-refractivity contribution in [1.82, 2.24) is 9.13 Å². The van der Waals surface area contributed by atoms with Gasteiger partial charge in [-0.15, -0.1) is 0 Å². The standard InChI is InChI=1S/C54H34BN3/c1-4-14-35(15-5-1)37-26-29-40(30-27-37)57-47-32-28-38(36-16-6-2-7-17-36)34-45(47)55-44-22-12-21-41-42-31-33-48-51(54(42)58(53(41)44)50-25-13-24-49(57)52(50)55)43-20-10-11-23-46(43)56(48)39-18-8-3-9-19-39/h1-34H. The molecule has 0 atom stereocenters. The first kappa shape index (κ1) is 31.6. The first-order valence-corrected chi connectivity index (χ1v) is 20.1. The third-order valence-corrected chi connectivity index (χ3v) is 12.7. The predicted molar refractivity (Wildman–Crippen MR) is 245 cm³/mol. The molecule has 11 aromatic rings. The van der Waals surface area contributed by atoms with Gasteiger partial charge in [-0.3, -0.25) is 0 Å². The second-order valence-electron chi connectivity index (χ2n) is 15.7. The summed E-state index contributed by atoms with van der Waals surface area (Å²) < 4.78 is 5.05. The fourth-order valence-corrected chi connectivity index (χ4v) is 10.3. The van der Waals surface area contributed by atoms with E-state index in [-0.39, 0.29) is 6.71 Å². The van der Waals surface area contributed by atoms with Crippen molar-refractivity contribution >= 4 is 83.8 Å². The first-order valence-electron chi connectivity index (χ1n) is 20.1. The van der Waals surface area contributed by atoms with Crippen molar-refractivity contribution in [3.05, 3.63) is 206 Å². The minimum atomic E-state index is 0.0476. The Balaban J connectivity index is 1.14. The van der Waals surface area contributed by atoms with Crippen molar-refractivity contribution in [2.24, 2.45) is 0 Å². The topological polar surface area (TPSA) is 13.1 Å². The van der Waals surface area contributed by atoms with E-state index < -0.39 is 0 Å². The molecule has 0 saturated carbocycles. The van der Waals surface area contributed by atoms with Crippen LogP contribution in [0.25, 0.3) is 77.2 Å². The maximum Gasteiger partial charge on any atom is 0.252 e. The van der Waals surface area contributed by atoms with Crippen molar-refractivity contribution in [3.63, 3.8) is 0 Å². The monoisotopic (exact) mass is 735 g/mol. The molecule has 0 fully saturated rings. The molecule has 0 bridgehead atoms. The van der Waals surface area contributed by atoms with E-state index in [1.54, 1.807) is 0 Å². The molecule has 0 radical (unpaired) electrons. The third kappa shape index (κ3) is 4.29. The Hall–Kier alpha value is -7.56. The van der Waals surface area contributed by atoms with Crippen LogP contribution < -0.4 is 21.3 Å². The van der Waals surface area contributed by atoms with Crippen LogP contribution in [0.1, 0.15) is 0 Å². The van der Waals surface area contributed by atoms with Gasteiger partial charge in [0.15, 0.2) is 0 Å². The van der Waals surface area contributed by atoms with Gasteiger partial charge in [-0.25, -0.2) is 0 Å². The van der Waals surface area contributed by atoms with Gasteiger partial charge in [-0.2, -0.15) is 0 Å². The Kier molecular flexibility index (Phi) is 6.53. The average Bonchev–Trinajstić information content (AvgIpc) is 3.82. The van der Waals surface area contributed by atoms with Gasteiger partial charge >= 0.3 is 0 Å². The Labute approximate surface area is 336 Å². The van der Waals surface area contributed by atoms with Crippen LogP contribution >= 0.6 is 0 Å². The lowest BCUT2D eigenvalue weighted by molar-refractivity contribution is 1.17. The SMILES string of the molecule is c1ccc(-c2ccc(N3c4ccc(-c5ccccc5)cc4B4c5c3cccc5-n3c5c4cccc5c4ccc5c(c6ccccc6n5-c5ccccc5)c43)cc2)cc1. The Morgan fingerprint density at radius 1 is 0.328 bits per heavy atom. The number of fused-ring (bicyclic) bond motifs is 11. The maximum absolute atomic E-state index is 2.61. The number of hydrogen-bond acceptors (Lipinski definition) is 1. The number of nitrogens with zero attached hydrogens (tertiary/aromatic N) is 3. The molecule has 9 aromatic carbocycles. The van der Waals surface area contributed by atoms with E-state index >= 15 is 0 Å². The molecule has 0 amide bonds. The van der Waals surface area contributed by atoms with Gasteiger partial charge in [0.25, 0.3) is 6.71 Å². The summed E-state index contributed by atoms with van der Waals surface area (Å²) in [5, 5.41) is 5.12. The highest BCUT2D eigenvalue weighted by molar-refractivity contribution is 7.00. The van der Waals surface area contributed by atoms with Crippen LogP contribution in [0.3, 0.4) is 0 Å². The van der Waals surface area contributed by atoms with Crippen LogP contribution in [0.4, 0.5) is 17.1 Å². The number of rotatable bonds is 4. The Morgan fingerprint density at radius 2 is 0.948 bits per heavy atom. The smallest absolute Gasteiger partial charge is 0.252 e. The second-order valence-corrected chi connectivity index (χ2v) is 15.7. The predicted octanol–water partition coefficient (Wildman–Crippen LogP) is 11.8. The first-order chi connectivity index (χ1) is 28.8. The van der Waals surface area contributed by atoms with Gasteiger partial charge in [0.1, 0.15) is 0 Å². The van der Waals surface area contributed by atoms with Crippen molar-refractivity contribution in [3.8, 4) is 33.6 Å². The van der Waals surface area contributed by atoms with Gasteiger partial charge in [-0.1, -0.05) is 152 Å². The van der Waals surface area contributed by atoms with Gasteiger partial charge in [-0.05, 0) is 93.2 Å². The second kappa shape index (κ2) is 12.0. The van der Waals surface area contributed by atoms with Crippen molar-refractivity contribution in [1.29, 1.82) is 0 Å². The highest BCUT2D eigenvalue weighted by atomic mass is 15.2. The molecule has 0 spiro atoms. The number of anilines is 3. The molecule has 0 aliphatic carbocycles. The van der Waals surface area contributed by atoms with E-state index in [2.05, 4.69) is 220 Å². The zero-order valence-electron chi connectivity index (χ0n) is 31.5. The molecule has 0 unspecified atom stereocenters. The quantitative estimate of drug-likeness (QED) is 0.164. The van der Waals surface area contributed by atoms with Crippen LogP contribution in [0.5, 0.6) is 0 Å². The van der Waals surface area contributed by atoms with Crippen LogP contribution in [0.2, 0.25) is 0 Å². The lowest BCUT2D eigenvalue weighted by atomic mass is 9.33. The van der Waals surface area contributed by atoms with Crippen LogP contribution in [0, 0.1) is 0 Å². The minimum Gasteiger partial charge on any atom is -0.311 e.